The first-order valence-electron chi connectivity index (χ1n) is 4.86. The van der Waals surface area contributed by atoms with Gasteiger partial charge < -0.3 is 10.4 Å². The quantitative estimate of drug-likeness (QED) is 0.746. The summed E-state index contributed by atoms with van der Waals surface area (Å²) in [5, 5.41) is 12.9. The maximum atomic E-state index is 9.87. The molecule has 2 N–H and O–H groups in total. The molecule has 1 aromatic heterocycles. The van der Waals surface area contributed by atoms with Crippen molar-refractivity contribution in [3.05, 3.63) is 18.6 Å². The van der Waals surface area contributed by atoms with E-state index in [0.29, 0.717) is 6.54 Å². The van der Waals surface area contributed by atoms with Gasteiger partial charge in [0.1, 0.15) is 12.1 Å². The van der Waals surface area contributed by atoms with Crippen LogP contribution >= 0.6 is 0 Å². The van der Waals surface area contributed by atoms with Crippen molar-refractivity contribution in [1.82, 2.24) is 9.97 Å². The maximum absolute atomic E-state index is 9.87. The van der Waals surface area contributed by atoms with Crippen LogP contribution < -0.4 is 5.32 Å². The molecule has 1 unspecified atom stereocenters. The molecule has 1 atom stereocenters. The van der Waals surface area contributed by atoms with Crippen LogP contribution in [0.5, 0.6) is 0 Å². The van der Waals surface area contributed by atoms with Crippen LogP contribution in [0.2, 0.25) is 0 Å². The molecule has 1 rings (SSSR count). The topological polar surface area (TPSA) is 58.0 Å². The normalized spacial score (nSPS) is 14.8. The van der Waals surface area contributed by atoms with E-state index in [0.717, 1.165) is 18.7 Å². The van der Waals surface area contributed by atoms with Gasteiger partial charge in [-0.1, -0.05) is 13.3 Å². The highest BCUT2D eigenvalue weighted by molar-refractivity contribution is 5.31. The number of rotatable bonds is 5. The van der Waals surface area contributed by atoms with Gasteiger partial charge in [-0.25, -0.2) is 9.97 Å². The van der Waals surface area contributed by atoms with Gasteiger partial charge in [0.2, 0.25) is 0 Å². The zero-order chi connectivity index (χ0) is 10.4. The second-order valence-corrected chi connectivity index (χ2v) is 3.70. The van der Waals surface area contributed by atoms with Gasteiger partial charge >= 0.3 is 0 Å². The summed E-state index contributed by atoms with van der Waals surface area (Å²) in [6.45, 7) is 4.39. The van der Waals surface area contributed by atoms with Gasteiger partial charge in [-0.05, 0) is 19.4 Å². The van der Waals surface area contributed by atoms with Crippen molar-refractivity contribution in [2.45, 2.75) is 32.3 Å². The number of aromatic nitrogens is 2. The molecule has 0 fully saturated rings. The summed E-state index contributed by atoms with van der Waals surface area (Å²) in [7, 11) is 0. The fraction of sp³-hybridized carbons (Fsp3) is 0.600. The molecule has 0 saturated heterocycles. The third-order valence-corrected chi connectivity index (χ3v) is 2.02. The molecule has 0 spiro atoms. The first-order chi connectivity index (χ1) is 6.64. The molecule has 78 valence electrons. The lowest BCUT2D eigenvalue weighted by molar-refractivity contribution is 0.0636. The predicted octanol–water partition coefficient (Wildman–Crippen LogP) is 1.44. The van der Waals surface area contributed by atoms with Crippen LogP contribution in [0.25, 0.3) is 0 Å². The van der Waals surface area contributed by atoms with Gasteiger partial charge in [0, 0.05) is 12.7 Å². The fourth-order valence-electron chi connectivity index (χ4n) is 1.30. The summed E-state index contributed by atoms with van der Waals surface area (Å²) < 4.78 is 0. The Hall–Kier alpha value is -1.16. The zero-order valence-corrected chi connectivity index (χ0v) is 8.70. The molecule has 0 radical (unpaired) electrons. The zero-order valence-electron chi connectivity index (χ0n) is 8.70. The second-order valence-electron chi connectivity index (χ2n) is 3.70. The smallest absolute Gasteiger partial charge is 0.129 e. The van der Waals surface area contributed by atoms with E-state index in [-0.39, 0.29) is 0 Å². The van der Waals surface area contributed by atoms with Crippen molar-refractivity contribution < 1.29 is 5.11 Å². The Labute approximate surface area is 84.4 Å². The Morgan fingerprint density at radius 2 is 2.36 bits per heavy atom. The van der Waals surface area contributed by atoms with Crippen molar-refractivity contribution in [1.29, 1.82) is 0 Å². The molecule has 0 aliphatic rings. The minimum Gasteiger partial charge on any atom is -0.388 e. The van der Waals surface area contributed by atoms with E-state index >= 15 is 0 Å². The first kappa shape index (κ1) is 10.9. The minimum atomic E-state index is -0.667. The lowest BCUT2D eigenvalue weighted by Gasteiger charge is -2.23. The largest absolute Gasteiger partial charge is 0.388 e. The lowest BCUT2D eigenvalue weighted by Crippen LogP contribution is -2.33. The Morgan fingerprint density at radius 1 is 1.57 bits per heavy atom. The van der Waals surface area contributed by atoms with Gasteiger partial charge in [0.25, 0.3) is 0 Å². The van der Waals surface area contributed by atoms with Crippen LogP contribution in [0.1, 0.15) is 26.7 Å². The predicted molar refractivity (Wildman–Crippen MR) is 56.1 cm³/mol. The highest BCUT2D eigenvalue weighted by Crippen LogP contribution is 2.12. The number of anilines is 1. The van der Waals surface area contributed by atoms with Crippen molar-refractivity contribution in [3.8, 4) is 0 Å². The number of aliphatic hydroxyl groups is 1. The highest BCUT2D eigenvalue weighted by Gasteiger charge is 2.18. The maximum Gasteiger partial charge on any atom is 0.129 e. The van der Waals surface area contributed by atoms with Crippen molar-refractivity contribution >= 4 is 5.82 Å². The number of hydrogen-bond donors (Lipinski definition) is 2. The lowest BCUT2D eigenvalue weighted by atomic mass is 10.0. The fourth-order valence-corrected chi connectivity index (χ4v) is 1.30. The molecule has 14 heavy (non-hydrogen) atoms. The Morgan fingerprint density at radius 3 is 2.93 bits per heavy atom. The molecule has 0 aromatic carbocycles. The van der Waals surface area contributed by atoms with Crippen LogP contribution in [0, 0.1) is 0 Å². The average molecular weight is 195 g/mol. The van der Waals surface area contributed by atoms with Crippen molar-refractivity contribution in [2.75, 3.05) is 11.9 Å². The summed E-state index contributed by atoms with van der Waals surface area (Å²) >= 11 is 0. The summed E-state index contributed by atoms with van der Waals surface area (Å²) in [6.07, 6.45) is 4.91. The van der Waals surface area contributed by atoms with E-state index in [9.17, 15) is 5.11 Å². The van der Waals surface area contributed by atoms with E-state index in [1.54, 1.807) is 12.3 Å². The van der Waals surface area contributed by atoms with E-state index in [4.69, 9.17) is 0 Å². The Kier molecular flexibility index (Phi) is 3.83. The number of nitrogens with zero attached hydrogens (tertiary/aromatic N) is 2. The summed E-state index contributed by atoms with van der Waals surface area (Å²) in [5.74, 6) is 0.747. The first-order valence-corrected chi connectivity index (χ1v) is 4.86. The van der Waals surface area contributed by atoms with Crippen molar-refractivity contribution in [2.24, 2.45) is 0 Å². The SMILES string of the molecule is CCCC(C)(O)CNc1ccncn1. The Bertz CT molecular complexity index is 261. The molecule has 0 amide bonds. The van der Waals surface area contributed by atoms with Gasteiger partial charge in [0.05, 0.1) is 5.60 Å². The van der Waals surface area contributed by atoms with Gasteiger partial charge in [-0.3, -0.25) is 0 Å². The molecule has 1 heterocycles. The molecule has 4 nitrogen and oxygen atoms in total. The van der Waals surface area contributed by atoms with E-state index in [2.05, 4.69) is 22.2 Å². The van der Waals surface area contributed by atoms with E-state index in [1.165, 1.54) is 6.33 Å². The van der Waals surface area contributed by atoms with Gasteiger partial charge in [0.15, 0.2) is 0 Å². The summed E-state index contributed by atoms with van der Waals surface area (Å²) in [4.78, 5) is 7.82. The highest BCUT2D eigenvalue weighted by atomic mass is 16.3. The van der Waals surface area contributed by atoms with E-state index in [1.807, 2.05) is 6.92 Å². The molecule has 0 bridgehead atoms. The van der Waals surface area contributed by atoms with Gasteiger partial charge in [-0.2, -0.15) is 0 Å². The monoisotopic (exact) mass is 195 g/mol. The summed E-state index contributed by atoms with van der Waals surface area (Å²) in [5.41, 5.74) is -0.667. The van der Waals surface area contributed by atoms with Crippen LogP contribution in [0.15, 0.2) is 18.6 Å². The van der Waals surface area contributed by atoms with Crippen LogP contribution in [0.4, 0.5) is 5.82 Å². The molecule has 0 aliphatic heterocycles. The molecule has 0 saturated carbocycles. The van der Waals surface area contributed by atoms with Gasteiger partial charge in [-0.15, -0.1) is 0 Å². The third kappa shape index (κ3) is 3.70. The van der Waals surface area contributed by atoms with Crippen LogP contribution in [-0.4, -0.2) is 27.2 Å². The third-order valence-electron chi connectivity index (χ3n) is 2.02. The standard InChI is InChI=1S/C10H17N3O/c1-3-5-10(2,14)7-12-9-4-6-11-8-13-9/h4,6,8,14H,3,5,7H2,1-2H3,(H,11,12,13). The summed E-state index contributed by atoms with van der Waals surface area (Å²) in [6, 6.07) is 1.78. The van der Waals surface area contributed by atoms with Crippen LogP contribution in [0.3, 0.4) is 0 Å². The van der Waals surface area contributed by atoms with Crippen LogP contribution in [-0.2, 0) is 0 Å². The molecular formula is C10H17N3O. The molecule has 4 heteroatoms. The molecular weight excluding hydrogens is 178 g/mol. The molecule has 1 aromatic rings. The number of hydrogen-bond acceptors (Lipinski definition) is 4. The van der Waals surface area contributed by atoms with Crippen molar-refractivity contribution in [3.63, 3.8) is 0 Å². The minimum absolute atomic E-state index is 0.512. The second kappa shape index (κ2) is 4.91. The van der Waals surface area contributed by atoms with E-state index < -0.39 is 5.60 Å². The Balaban J connectivity index is 2.40. The molecule has 0 aliphatic carbocycles. The number of nitrogens with one attached hydrogen (secondary N) is 1. The average Bonchev–Trinajstić information content (AvgIpc) is 2.17.